The molecule has 0 aliphatic rings. The van der Waals surface area contributed by atoms with Gasteiger partial charge in [-0.15, -0.1) is 0 Å². The molecule has 0 fully saturated rings. The van der Waals surface area contributed by atoms with Crippen molar-refractivity contribution in [2.45, 2.75) is 19.7 Å². The predicted octanol–water partition coefficient (Wildman–Crippen LogP) is 7.28. The molecule has 2 aromatic carbocycles. The number of alkyl halides is 1. The van der Waals surface area contributed by atoms with Gasteiger partial charge in [0, 0.05) is 74.4 Å². The molecular formula is C15H13Br3F4S6. The fourth-order valence-corrected chi connectivity index (χ4v) is 8.15. The van der Waals surface area contributed by atoms with Crippen LogP contribution < -0.4 is 0 Å². The number of rotatable bonds is 1. The molecule has 0 heterocycles. The minimum Gasteiger partial charge on any atom is -0.207 e. The van der Waals surface area contributed by atoms with Crippen molar-refractivity contribution < 1.29 is 17.6 Å². The predicted molar refractivity (Wildman–Crippen MR) is 136 cm³/mol. The summed E-state index contributed by atoms with van der Waals surface area (Å²) in [4.78, 5) is 0. The van der Waals surface area contributed by atoms with Gasteiger partial charge in [0.1, 0.15) is 23.3 Å². The van der Waals surface area contributed by atoms with E-state index in [-0.39, 0.29) is 28.4 Å². The smallest absolute Gasteiger partial charge is 0.144 e. The van der Waals surface area contributed by atoms with Crippen LogP contribution in [0.3, 0.4) is 0 Å². The van der Waals surface area contributed by atoms with Gasteiger partial charge in [0.2, 0.25) is 0 Å². The van der Waals surface area contributed by atoms with Crippen molar-refractivity contribution in [2.75, 3.05) is 0 Å². The van der Waals surface area contributed by atoms with Crippen molar-refractivity contribution >= 4 is 106 Å². The molecule has 0 nitrogen and oxygen atoms in total. The number of hydrogen-bond donors (Lipinski definition) is 0. The van der Waals surface area contributed by atoms with Crippen molar-refractivity contribution in [3.05, 3.63) is 67.6 Å². The van der Waals surface area contributed by atoms with Gasteiger partial charge in [-0.3, -0.25) is 0 Å². The normalized spacial score (nSPS) is 8.86. The van der Waals surface area contributed by atoms with Crippen LogP contribution in [-0.4, -0.2) is 0 Å². The van der Waals surface area contributed by atoms with Crippen LogP contribution in [0.4, 0.5) is 17.6 Å². The maximum atomic E-state index is 12.9. The molecule has 0 N–H and O–H groups in total. The fraction of sp³-hybridized carbons (Fsp3) is 0.200. The van der Waals surface area contributed by atoms with E-state index in [0.717, 1.165) is 0 Å². The Bertz CT molecular complexity index is 902. The van der Waals surface area contributed by atoms with E-state index in [1.165, 1.54) is 66.7 Å². The highest BCUT2D eigenvalue weighted by atomic mass is 79.9. The van der Waals surface area contributed by atoms with Gasteiger partial charge < -0.3 is 0 Å². The molecule has 0 radical (unpaired) electrons. The van der Waals surface area contributed by atoms with Crippen LogP contribution in [0.1, 0.15) is 18.6 Å². The van der Waals surface area contributed by atoms with Crippen molar-refractivity contribution in [2.24, 2.45) is 0 Å². The quantitative estimate of drug-likeness (QED) is 0.174. The third kappa shape index (κ3) is 11.3. The Hall–Kier alpha value is 0.920. The summed E-state index contributed by atoms with van der Waals surface area (Å²) in [6.07, 6.45) is 0. The van der Waals surface area contributed by atoms with E-state index in [0.29, 0.717) is 4.47 Å². The largest absolute Gasteiger partial charge is 0.207 e. The SMILES string of the molecule is C.Cc1c(F)ccc(Br)c1F.Fc1ccc(Br)c(F)c1CBr.S=S=S=S=S=S. The zero-order chi connectivity index (χ0) is 21.0. The molecule has 0 aliphatic carbocycles. The fourth-order valence-electron chi connectivity index (χ4n) is 1.34. The molecule has 2 aromatic rings. The van der Waals surface area contributed by atoms with Gasteiger partial charge in [-0.05, 0) is 63.0 Å². The van der Waals surface area contributed by atoms with Crippen molar-refractivity contribution in [1.82, 2.24) is 0 Å². The lowest BCUT2D eigenvalue weighted by atomic mass is 10.2. The Morgan fingerprint density at radius 1 is 0.821 bits per heavy atom. The van der Waals surface area contributed by atoms with Gasteiger partial charge in [-0.25, -0.2) is 17.6 Å². The molecule has 0 spiro atoms. The van der Waals surface area contributed by atoms with Gasteiger partial charge in [-0.1, -0.05) is 23.4 Å². The molecule has 0 atom stereocenters. The van der Waals surface area contributed by atoms with Gasteiger partial charge in [-0.2, -0.15) is 0 Å². The Kier molecular flexibility index (Phi) is 19.5. The number of hydrogen-bond acceptors (Lipinski definition) is 2. The highest BCUT2D eigenvalue weighted by molar-refractivity contribution is 9.10. The monoisotopic (exact) mass is 698 g/mol. The molecule has 0 bridgehead atoms. The highest BCUT2D eigenvalue weighted by Gasteiger charge is 2.09. The molecule has 0 saturated carbocycles. The van der Waals surface area contributed by atoms with Crippen molar-refractivity contribution in [3.63, 3.8) is 0 Å². The maximum Gasteiger partial charge on any atom is 0.144 e. The van der Waals surface area contributed by atoms with Gasteiger partial charge in [0.15, 0.2) is 0 Å². The standard InChI is InChI=1S/C7H4Br2F2.C7H5BrF2.CH4.S6/c8-3-4-6(10)2-1-5(9)7(4)11;1-4-6(9)3-2-5(8)7(4)10;;1-3-5-6-4-2/h1-2H,3H2;2-3H,1H3;1H4;. The summed E-state index contributed by atoms with van der Waals surface area (Å²) in [5.74, 6) is -2.11. The van der Waals surface area contributed by atoms with E-state index in [9.17, 15) is 17.6 Å². The average Bonchev–Trinajstić information content (AvgIpc) is 2.66. The average molecular weight is 701 g/mol. The third-order valence-corrected chi connectivity index (χ3v) is 11.1. The highest BCUT2D eigenvalue weighted by Crippen LogP contribution is 2.23. The molecule has 0 aliphatic heterocycles. The first kappa shape index (κ1) is 31.1. The van der Waals surface area contributed by atoms with Crippen LogP contribution >= 0.6 is 47.8 Å². The zero-order valence-electron chi connectivity index (χ0n) is 13.1. The van der Waals surface area contributed by atoms with Crippen LogP contribution in [0.25, 0.3) is 0 Å². The van der Waals surface area contributed by atoms with E-state index < -0.39 is 23.3 Å². The second kappa shape index (κ2) is 17.6. The second-order valence-electron chi connectivity index (χ2n) is 4.20. The van der Waals surface area contributed by atoms with E-state index in [2.05, 4.69) is 70.2 Å². The molecule has 0 unspecified atom stereocenters. The van der Waals surface area contributed by atoms with E-state index in [4.69, 9.17) is 0 Å². The number of benzene rings is 2. The second-order valence-corrected chi connectivity index (χ2v) is 13.5. The molecule has 13 heteroatoms. The molecule has 0 saturated heterocycles. The summed E-state index contributed by atoms with van der Waals surface area (Å²) in [6.45, 7) is 1.40. The zero-order valence-corrected chi connectivity index (χ0v) is 22.8. The topological polar surface area (TPSA) is 0 Å². The summed E-state index contributed by atoms with van der Waals surface area (Å²) in [5.41, 5.74) is 0.105. The first-order chi connectivity index (χ1) is 12.7. The minimum absolute atomic E-state index is 0. The van der Waals surface area contributed by atoms with Crippen LogP contribution in [0.2, 0.25) is 0 Å². The Balaban J connectivity index is 0. The molecule has 2 rings (SSSR count). The Morgan fingerprint density at radius 2 is 1.25 bits per heavy atom. The van der Waals surface area contributed by atoms with Crippen LogP contribution in [0.5, 0.6) is 0 Å². The molecule has 0 aromatic heterocycles. The summed E-state index contributed by atoms with van der Waals surface area (Å²) in [6, 6.07) is 5.14. The lowest BCUT2D eigenvalue weighted by Crippen LogP contribution is -1.92. The van der Waals surface area contributed by atoms with Gasteiger partial charge in [0.05, 0.1) is 8.95 Å². The minimum atomic E-state index is -0.540. The van der Waals surface area contributed by atoms with E-state index >= 15 is 0 Å². The molecular weight excluding hydrogens is 688 g/mol. The van der Waals surface area contributed by atoms with Crippen LogP contribution in [0.15, 0.2) is 33.2 Å². The van der Waals surface area contributed by atoms with Crippen molar-refractivity contribution in [1.29, 1.82) is 0 Å². The lowest BCUT2D eigenvalue weighted by Gasteiger charge is -2.01. The maximum absolute atomic E-state index is 12.9. The van der Waals surface area contributed by atoms with Crippen LogP contribution in [0, 0.1) is 30.2 Å². The van der Waals surface area contributed by atoms with Crippen LogP contribution in [-0.2, 0) is 63.2 Å². The lowest BCUT2D eigenvalue weighted by molar-refractivity contribution is 0.562. The molecule has 28 heavy (non-hydrogen) atoms. The Labute approximate surface area is 208 Å². The van der Waals surface area contributed by atoms with E-state index in [1.54, 1.807) is 0 Å². The number of halogens is 7. The summed E-state index contributed by atoms with van der Waals surface area (Å²) in [7, 11) is 5.63. The van der Waals surface area contributed by atoms with Gasteiger partial charge in [0.25, 0.3) is 0 Å². The van der Waals surface area contributed by atoms with Crippen molar-refractivity contribution in [3.8, 4) is 0 Å². The Morgan fingerprint density at radius 3 is 1.61 bits per heavy atom. The van der Waals surface area contributed by atoms with Gasteiger partial charge >= 0.3 is 0 Å². The summed E-state index contributed by atoms with van der Waals surface area (Å²) >= 11 is 17.9. The first-order valence-corrected chi connectivity index (χ1v) is 15.8. The molecule has 158 valence electrons. The first-order valence-electron chi connectivity index (χ1n) is 6.41. The third-order valence-electron chi connectivity index (χ3n) is 2.63. The van der Waals surface area contributed by atoms with E-state index in [1.807, 2.05) is 0 Å². The molecule has 0 amide bonds. The summed E-state index contributed by atoms with van der Waals surface area (Å²) < 4.78 is 51.5. The summed E-state index contributed by atoms with van der Waals surface area (Å²) in [5, 5.41) is 0.185.